The van der Waals surface area contributed by atoms with E-state index < -0.39 is 0 Å². The zero-order chi connectivity index (χ0) is 10.8. The Bertz CT molecular complexity index is 191. The predicted octanol–water partition coefficient (Wildman–Crippen LogP) is 1.22. The van der Waals surface area contributed by atoms with Crippen molar-refractivity contribution in [1.29, 1.82) is 0 Å². The first-order valence-corrected chi connectivity index (χ1v) is 5.63. The molecule has 2 unspecified atom stereocenters. The third kappa shape index (κ3) is 4.64. The van der Waals surface area contributed by atoms with Crippen molar-refractivity contribution < 1.29 is 9.47 Å². The van der Waals surface area contributed by atoms with E-state index in [0.29, 0.717) is 18.5 Å². The number of thiol groups is 1. The Hall–Kier alpha value is 0.230. The monoisotopic (exact) mass is 219 g/mol. The van der Waals surface area contributed by atoms with Gasteiger partial charge in [0, 0.05) is 11.3 Å². The van der Waals surface area contributed by atoms with Gasteiger partial charge in [-0.2, -0.15) is 12.6 Å². The highest BCUT2D eigenvalue weighted by Gasteiger charge is 2.32. The van der Waals surface area contributed by atoms with Crippen LogP contribution in [0.3, 0.4) is 0 Å². The van der Waals surface area contributed by atoms with Gasteiger partial charge in [-0.15, -0.1) is 0 Å². The number of epoxide rings is 1. The first-order chi connectivity index (χ1) is 6.35. The summed E-state index contributed by atoms with van der Waals surface area (Å²) in [6.45, 7) is 7.63. The molecular formula is C10H21NO2S. The Labute approximate surface area is 91.7 Å². The minimum atomic E-state index is -0.267. The van der Waals surface area contributed by atoms with E-state index in [2.05, 4.69) is 26.5 Å². The zero-order valence-corrected chi connectivity index (χ0v) is 10.1. The first-order valence-electron chi connectivity index (χ1n) is 5.00. The lowest BCUT2D eigenvalue weighted by Gasteiger charge is -2.33. The summed E-state index contributed by atoms with van der Waals surface area (Å²) in [7, 11) is 0. The van der Waals surface area contributed by atoms with Crippen molar-refractivity contribution >= 4 is 12.6 Å². The zero-order valence-electron chi connectivity index (χ0n) is 9.25. The Morgan fingerprint density at radius 2 is 2.07 bits per heavy atom. The molecule has 0 aromatic carbocycles. The molecule has 0 spiro atoms. The number of rotatable bonds is 6. The van der Waals surface area contributed by atoms with Gasteiger partial charge in [-0.1, -0.05) is 0 Å². The number of hydrogen-bond donors (Lipinski definition) is 2. The lowest BCUT2D eigenvalue weighted by Crippen LogP contribution is -2.46. The highest BCUT2D eigenvalue weighted by Crippen LogP contribution is 2.24. The fourth-order valence-electron chi connectivity index (χ4n) is 1.56. The molecule has 14 heavy (non-hydrogen) atoms. The molecule has 84 valence electrons. The minimum Gasteiger partial charge on any atom is -0.373 e. The summed E-state index contributed by atoms with van der Waals surface area (Å²) < 4.78 is 10.8. The fourth-order valence-corrected chi connectivity index (χ4v) is 1.67. The standard InChI is InChI=1S/C10H21NO2S/c1-9(2,6-10(3,11)7-14)13-5-8-4-12-8/h8,14H,4-7,11H2,1-3H3. The summed E-state index contributed by atoms with van der Waals surface area (Å²) in [5.74, 6) is 0.666. The lowest BCUT2D eigenvalue weighted by atomic mass is 9.90. The second kappa shape index (κ2) is 4.39. The van der Waals surface area contributed by atoms with Gasteiger partial charge in [0.25, 0.3) is 0 Å². The Balaban J connectivity index is 2.30. The van der Waals surface area contributed by atoms with Crippen LogP contribution >= 0.6 is 12.6 Å². The van der Waals surface area contributed by atoms with Crippen molar-refractivity contribution in [2.24, 2.45) is 5.73 Å². The van der Waals surface area contributed by atoms with Crippen LogP contribution in [0.4, 0.5) is 0 Å². The van der Waals surface area contributed by atoms with E-state index in [1.54, 1.807) is 0 Å². The first kappa shape index (κ1) is 12.3. The van der Waals surface area contributed by atoms with E-state index >= 15 is 0 Å². The maximum absolute atomic E-state index is 6.04. The third-order valence-electron chi connectivity index (χ3n) is 2.25. The van der Waals surface area contributed by atoms with E-state index in [4.69, 9.17) is 15.2 Å². The van der Waals surface area contributed by atoms with Gasteiger partial charge in [0.1, 0.15) is 6.10 Å². The molecule has 0 bridgehead atoms. The molecule has 1 rings (SSSR count). The van der Waals surface area contributed by atoms with Crippen LogP contribution in [-0.4, -0.2) is 36.2 Å². The van der Waals surface area contributed by atoms with Gasteiger partial charge >= 0.3 is 0 Å². The molecule has 0 saturated carbocycles. The average molecular weight is 219 g/mol. The van der Waals surface area contributed by atoms with Gasteiger partial charge in [0.15, 0.2) is 0 Å². The van der Waals surface area contributed by atoms with Gasteiger partial charge in [0.2, 0.25) is 0 Å². The van der Waals surface area contributed by atoms with Crippen LogP contribution in [0.15, 0.2) is 0 Å². The van der Waals surface area contributed by atoms with Gasteiger partial charge in [-0.3, -0.25) is 0 Å². The van der Waals surface area contributed by atoms with Crippen LogP contribution in [-0.2, 0) is 9.47 Å². The van der Waals surface area contributed by atoms with Crippen LogP contribution in [0.25, 0.3) is 0 Å². The lowest BCUT2D eigenvalue weighted by molar-refractivity contribution is -0.0400. The molecule has 0 radical (unpaired) electrons. The molecule has 0 aliphatic carbocycles. The molecular weight excluding hydrogens is 198 g/mol. The Morgan fingerprint density at radius 3 is 2.50 bits per heavy atom. The van der Waals surface area contributed by atoms with E-state index in [-0.39, 0.29) is 11.1 Å². The minimum absolute atomic E-state index is 0.196. The molecule has 0 amide bonds. The van der Waals surface area contributed by atoms with Crippen molar-refractivity contribution in [3.8, 4) is 0 Å². The summed E-state index contributed by atoms with van der Waals surface area (Å²) in [6, 6.07) is 0. The quantitative estimate of drug-likeness (QED) is 0.521. The summed E-state index contributed by atoms with van der Waals surface area (Å²) in [5, 5.41) is 0. The Morgan fingerprint density at radius 1 is 1.50 bits per heavy atom. The normalized spacial score (nSPS) is 25.9. The maximum Gasteiger partial charge on any atom is 0.104 e. The van der Waals surface area contributed by atoms with Gasteiger partial charge in [0.05, 0.1) is 18.8 Å². The van der Waals surface area contributed by atoms with Crippen molar-refractivity contribution in [3.63, 3.8) is 0 Å². The number of ether oxygens (including phenoxy) is 2. The van der Waals surface area contributed by atoms with E-state index in [0.717, 1.165) is 13.0 Å². The third-order valence-corrected chi connectivity index (χ3v) is 2.98. The van der Waals surface area contributed by atoms with Crippen LogP contribution < -0.4 is 5.73 Å². The van der Waals surface area contributed by atoms with Gasteiger partial charge in [-0.05, 0) is 27.2 Å². The second-order valence-corrected chi connectivity index (χ2v) is 5.33. The van der Waals surface area contributed by atoms with Crippen molar-refractivity contribution in [2.75, 3.05) is 19.0 Å². The molecule has 1 aliphatic rings. The van der Waals surface area contributed by atoms with E-state index in [1.807, 2.05) is 6.92 Å². The highest BCUT2D eigenvalue weighted by molar-refractivity contribution is 7.80. The van der Waals surface area contributed by atoms with Crippen LogP contribution in [0.1, 0.15) is 27.2 Å². The summed E-state index contributed by atoms with van der Waals surface area (Å²) >= 11 is 4.23. The summed E-state index contributed by atoms with van der Waals surface area (Å²) in [4.78, 5) is 0. The predicted molar refractivity (Wildman–Crippen MR) is 60.8 cm³/mol. The highest BCUT2D eigenvalue weighted by atomic mass is 32.1. The number of nitrogens with two attached hydrogens (primary N) is 1. The smallest absolute Gasteiger partial charge is 0.104 e. The van der Waals surface area contributed by atoms with Crippen LogP contribution in [0, 0.1) is 0 Å². The van der Waals surface area contributed by atoms with Gasteiger partial charge in [-0.25, -0.2) is 0 Å². The summed E-state index contributed by atoms with van der Waals surface area (Å²) in [6.07, 6.45) is 1.12. The molecule has 0 aromatic rings. The summed E-state index contributed by atoms with van der Waals surface area (Å²) in [5.41, 5.74) is 5.57. The molecule has 0 aromatic heterocycles. The van der Waals surface area contributed by atoms with Crippen molar-refractivity contribution in [2.45, 2.75) is 44.4 Å². The van der Waals surface area contributed by atoms with Crippen LogP contribution in [0.5, 0.6) is 0 Å². The van der Waals surface area contributed by atoms with Crippen molar-refractivity contribution in [1.82, 2.24) is 0 Å². The molecule has 1 heterocycles. The molecule has 1 saturated heterocycles. The largest absolute Gasteiger partial charge is 0.373 e. The fraction of sp³-hybridized carbons (Fsp3) is 1.00. The molecule has 3 nitrogen and oxygen atoms in total. The molecule has 4 heteroatoms. The van der Waals surface area contributed by atoms with E-state index in [9.17, 15) is 0 Å². The number of hydrogen-bond acceptors (Lipinski definition) is 4. The van der Waals surface area contributed by atoms with E-state index in [1.165, 1.54) is 0 Å². The average Bonchev–Trinajstić information content (AvgIpc) is 2.82. The topological polar surface area (TPSA) is 47.8 Å². The molecule has 1 aliphatic heterocycles. The maximum atomic E-state index is 6.04. The van der Waals surface area contributed by atoms with Gasteiger partial charge < -0.3 is 15.2 Å². The molecule has 1 fully saturated rings. The SMILES string of the molecule is CC(N)(CS)CC(C)(C)OCC1CO1. The van der Waals surface area contributed by atoms with Crippen LogP contribution in [0.2, 0.25) is 0 Å². The molecule has 2 atom stereocenters. The Kier molecular flexibility index (Phi) is 3.86. The second-order valence-electron chi connectivity index (χ2n) is 5.01. The van der Waals surface area contributed by atoms with Crippen molar-refractivity contribution in [3.05, 3.63) is 0 Å². The molecule has 2 N–H and O–H groups in total.